The van der Waals surface area contributed by atoms with Crippen LogP contribution in [0.1, 0.15) is 17.0 Å². The Kier molecular flexibility index (Phi) is 4.90. The Balaban J connectivity index is 1.40. The van der Waals surface area contributed by atoms with Crippen molar-refractivity contribution in [2.24, 2.45) is 5.92 Å². The van der Waals surface area contributed by atoms with Crippen molar-refractivity contribution < 1.29 is 9.15 Å². The summed E-state index contributed by atoms with van der Waals surface area (Å²) in [5, 5.41) is 4.47. The van der Waals surface area contributed by atoms with Gasteiger partial charge in [-0.25, -0.2) is 0 Å². The van der Waals surface area contributed by atoms with Gasteiger partial charge in [0.25, 0.3) is 0 Å². The minimum absolute atomic E-state index is 0.382. The molecule has 0 N–H and O–H groups in total. The van der Waals surface area contributed by atoms with Crippen LogP contribution in [0.3, 0.4) is 0 Å². The molecule has 0 fully saturated rings. The highest BCUT2D eigenvalue weighted by Gasteiger charge is 2.23. The molecular formula is C19H22N4O2. The lowest BCUT2D eigenvalue weighted by molar-refractivity contribution is 0.0644. The van der Waals surface area contributed by atoms with E-state index in [1.165, 1.54) is 5.69 Å². The number of fused-ring (bicyclic) bond motifs is 1. The predicted octanol–water partition coefficient (Wildman–Crippen LogP) is 2.72. The molecule has 0 radical (unpaired) electrons. The van der Waals surface area contributed by atoms with Crippen LogP contribution in [0.4, 0.5) is 0 Å². The van der Waals surface area contributed by atoms with Crippen LogP contribution in [0.25, 0.3) is 0 Å². The Bertz CT molecular complexity index is 770. The largest absolute Gasteiger partial charge is 0.468 e. The third kappa shape index (κ3) is 4.15. The van der Waals surface area contributed by atoms with Crippen molar-refractivity contribution in [3.63, 3.8) is 0 Å². The first-order chi connectivity index (χ1) is 12.4. The van der Waals surface area contributed by atoms with Crippen molar-refractivity contribution in [1.82, 2.24) is 19.7 Å². The van der Waals surface area contributed by atoms with E-state index >= 15 is 0 Å². The molecule has 3 aromatic heterocycles. The summed E-state index contributed by atoms with van der Waals surface area (Å²) < 4.78 is 13.6. The molecule has 4 rings (SSSR count). The SMILES string of the molecule is c1cncc(COC[C@H]2CN(Cc3ccco3)Cc3ccnn3C2)c1. The maximum Gasteiger partial charge on any atom is 0.117 e. The molecule has 0 spiro atoms. The zero-order valence-electron chi connectivity index (χ0n) is 14.1. The fourth-order valence-corrected chi connectivity index (χ4v) is 3.30. The Morgan fingerprint density at radius 3 is 3.00 bits per heavy atom. The molecule has 6 heteroatoms. The van der Waals surface area contributed by atoms with Crippen LogP contribution in [-0.4, -0.2) is 32.8 Å². The second-order valence-electron chi connectivity index (χ2n) is 6.50. The summed E-state index contributed by atoms with van der Waals surface area (Å²) in [6.45, 7) is 4.80. The van der Waals surface area contributed by atoms with Crippen LogP contribution in [0, 0.1) is 5.92 Å². The van der Waals surface area contributed by atoms with E-state index in [1.807, 2.05) is 36.7 Å². The molecule has 6 nitrogen and oxygen atoms in total. The second-order valence-corrected chi connectivity index (χ2v) is 6.50. The second kappa shape index (κ2) is 7.63. The summed E-state index contributed by atoms with van der Waals surface area (Å²) in [5.74, 6) is 1.37. The first kappa shape index (κ1) is 16.1. The zero-order chi connectivity index (χ0) is 16.9. The molecule has 1 aliphatic rings. The average Bonchev–Trinajstić information content (AvgIpc) is 3.25. The summed E-state index contributed by atoms with van der Waals surface area (Å²) >= 11 is 0. The van der Waals surface area contributed by atoms with Gasteiger partial charge in [0.2, 0.25) is 0 Å². The number of nitrogens with zero attached hydrogens (tertiary/aromatic N) is 4. The van der Waals surface area contributed by atoms with Crippen LogP contribution in [0.2, 0.25) is 0 Å². The maximum atomic E-state index is 5.96. The molecule has 3 aromatic rings. The van der Waals surface area contributed by atoms with E-state index in [4.69, 9.17) is 9.15 Å². The van der Waals surface area contributed by atoms with E-state index in [2.05, 4.69) is 25.7 Å². The Morgan fingerprint density at radius 2 is 2.16 bits per heavy atom. The number of pyridine rings is 1. The van der Waals surface area contributed by atoms with E-state index in [-0.39, 0.29) is 0 Å². The van der Waals surface area contributed by atoms with Crippen LogP contribution < -0.4 is 0 Å². The molecule has 0 saturated carbocycles. The van der Waals surface area contributed by atoms with Crippen molar-refractivity contribution >= 4 is 0 Å². The number of rotatable bonds is 6. The first-order valence-corrected chi connectivity index (χ1v) is 8.59. The van der Waals surface area contributed by atoms with Crippen molar-refractivity contribution in [3.05, 3.63) is 72.2 Å². The zero-order valence-corrected chi connectivity index (χ0v) is 14.1. The molecule has 0 saturated heterocycles. The van der Waals surface area contributed by atoms with Crippen LogP contribution in [-0.2, 0) is 31.0 Å². The van der Waals surface area contributed by atoms with Gasteiger partial charge < -0.3 is 9.15 Å². The summed E-state index contributed by atoms with van der Waals surface area (Å²) in [6, 6.07) is 10.0. The van der Waals surface area contributed by atoms with Crippen molar-refractivity contribution in [1.29, 1.82) is 0 Å². The fourth-order valence-electron chi connectivity index (χ4n) is 3.30. The Hall–Kier alpha value is -2.44. The Morgan fingerprint density at radius 1 is 1.16 bits per heavy atom. The van der Waals surface area contributed by atoms with E-state index in [1.54, 1.807) is 12.5 Å². The van der Waals surface area contributed by atoms with Crippen LogP contribution >= 0.6 is 0 Å². The Labute approximate surface area is 147 Å². The highest BCUT2D eigenvalue weighted by Crippen LogP contribution is 2.19. The molecule has 0 unspecified atom stereocenters. The van der Waals surface area contributed by atoms with Gasteiger partial charge in [-0.1, -0.05) is 6.07 Å². The topological polar surface area (TPSA) is 56.3 Å². The molecule has 0 bridgehead atoms. The van der Waals surface area contributed by atoms with Gasteiger partial charge in [0.15, 0.2) is 0 Å². The lowest BCUT2D eigenvalue weighted by Gasteiger charge is -2.22. The molecule has 25 heavy (non-hydrogen) atoms. The van der Waals surface area contributed by atoms with Gasteiger partial charge in [0.05, 0.1) is 31.7 Å². The molecule has 4 heterocycles. The summed E-state index contributed by atoms with van der Waals surface area (Å²) in [4.78, 5) is 6.53. The summed E-state index contributed by atoms with van der Waals surface area (Å²) in [7, 11) is 0. The fraction of sp³-hybridized carbons (Fsp3) is 0.368. The third-order valence-corrected chi connectivity index (χ3v) is 4.44. The van der Waals surface area contributed by atoms with Crippen LogP contribution in [0.5, 0.6) is 0 Å². The van der Waals surface area contributed by atoms with Crippen molar-refractivity contribution in [2.45, 2.75) is 26.2 Å². The van der Waals surface area contributed by atoms with Gasteiger partial charge in [0, 0.05) is 44.1 Å². The minimum atomic E-state index is 0.382. The summed E-state index contributed by atoms with van der Waals surface area (Å²) in [5.41, 5.74) is 2.34. The molecule has 1 atom stereocenters. The smallest absolute Gasteiger partial charge is 0.117 e. The minimum Gasteiger partial charge on any atom is -0.468 e. The summed E-state index contributed by atoms with van der Waals surface area (Å²) in [6.07, 6.45) is 7.23. The number of ether oxygens (including phenoxy) is 1. The van der Waals surface area contributed by atoms with Gasteiger partial charge >= 0.3 is 0 Å². The average molecular weight is 338 g/mol. The number of furan rings is 1. The van der Waals surface area contributed by atoms with E-state index < -0.39 is 0 Å². The quantitative estimate of drug-likeness (QED) is 0.692. The van der Waals surface area contributed by atoms with Gasteiger partial charge in [-0.15, -0.1) is 0 Å². The predicted molar refractivity (Wildman–Crippen MR) is 92.4 cm³/mol. The number of aromatic nitrogens is 3. The lowest BCUT2D eigenvalue weighted by atomic mass is 10.1. The molecule has 130 valence electrons. The monoisotopic (exact) mass is 338 g/mol. The van der Waals surface area contributed by atoms with E-state index in [9.17, 15) is 0 Å². The van der Waals surface area contributed by atoms with Gasteiger partial charge in [-0.3, -0.25) is 14.6 Å². The van der Waals surface area contributed by atoms with Gasteiger partial charge in [-0.05, 0) is 29.8 Å². The van der Waals surface area contributed by atoms with Crippen molar-refractivity contribution in [3.8, 4) is 0 Å². The molecule has 1 aliphatic heterocycles. The highest BCUT2D eigenvalue weighted by molar-refractivity contribution is 5.07. The normalized spacial score (nSPS) is 18.0. The maximum absolute atomic E-state index is 5.96. The molecule has 0 aromatic carbocycles. The van der Waals surface area contributed by atoms with Crippen LogP contribution in [0.15, 0.2) is 59.6 Å². The van der Waals surface area contributed by atoms with E-state index in [0.717, 1.165) is 37.5 Å². The van der Waals surface area contributed by atoms with Gasteiger partial charge in [-0.2, -0.15) is 5.10 Å². The standard InChI is InChI=1S/C19H22N4O2/c1-3-16(9-20-6-1)14-24-15-17-10-22(13-19-4-2-8-25-19)12-18-5-7-21-23(18)11-17/h1-9,17H,10-15H2/t17-/m0/s1. The van der Waals surface area contributed by atoms with Crippen molar-refractivity contribution in [2.75, 3.05) is 13.2 Å². The van der Waals surface area contributed by atoms with E-state index in [0.29, 0.717) is 19.1 Å². The highest BCUT2D eigenvalue weighted by atomic mass is 16.5. The molecule has 0 aliphatic carbocycles. The lowest BCUT2D eigenvalue weighted by Crippen LogP contribution is -2.30. The number of hydrogen-bond acceptors (Lipinski definition) is 5. The molecule has 0 amide bonds. The number of hydrogen-bond donors (Lipinski definition) is 0. The molecular weight excluding hydrogens is 316 g/mol. The third-order valence-electron chi connectivity index (χ3n) is 4.44. The first-order valence-electron chi connectivity index (χ1n) is 8.59. The van der Waals surface area contributed by atoms with Gasteiger partial charge in [0.1, 0.15) is 5.76 Å².